The number of aryl methyl sites for hydroxylation is 2. The molecule has 0 fully saturated rings. The molecule has 0 bridgehead atoms. The SMILES string of the molecule is COc1cc(Cl)ccc1C(O)c1ccc2c(c1)CCCC2. The van der Waals surface area contributed by atoms with Crippen LogP contribution in [0.5, 0.6) is 5.75 Å². The van der Waals surface area contributed by atoms with Crippen molar-refractivity contribution in [2.45, 2.75) is 31.8 Å². The molecule has 0 radical (unpaired) electrons. The molecule has 21 heavy (non-hydrogen) atoms. The lowest BCUT2D eigenvalue weighted by molar-refractivity contribution is 0.214. The molecule has 2 nitrogen and oxygen atoms in total. The van der Waals surface area contributed by atoms with Gasteiger partial charge in [0.2, 0.25) is 0 Å². The molecule has 0 spiro atoms. The Hall–Kier alpha value is -1.51. The van der Waals surface area contributed by atoms with Gasteiger partial charge in [-0.05, 0) is 54.5 Å². The lowest BCUT2D eigenvalue weighted by atomic mass is 9.88. The van der Waals surface area contributed by atoms with E-state index in [1.54, 1.807) is 19.2 Å². The summed E-state index contributed by atoms with van der Waals surface area (Å²) < 4.78 is 5.34. The summed E-state index contributed by atoms with van der Waals surface area (Å²) in [5.74, 6) is 0.618. The van der Waals surface area contributed by atoms with Gasteiger partial charge in [-0.1, -0.05) is 35.9 Å². The Labute approximate surface area is 130 Å². The molecule has 2 aromatic rings. The number of benzene rings is 2. The summed E-state index contributed by atoms with van der Waals surface area (Å²) >= 11 is 5.98. The Balaban J connectivity index is 1.96. The zero-order valence-corrected chi connectivity index (χ0v) is 12.9. The van der Waals surface area contributed by atoms with Crippen LogP contribution in [0.25, 0.3) is 0 Å². The predicted octanol–water partition coefficient (Wildman–Crippen LogP) is 4.31. The number of fused-ring (bicyclic) bond motifs is 1. The van der Waals surface area contributed by atoms with E-state index in [2.05, 4.69) is 12.1 Å². The molecular formula is C18H19ClO2. The highest BCUT2D eigenvalue weighted by Gasteiger charge is 2.18. The first-order valence-electron chi connectivity index (χ1n) is 7.32. The number of aliphatic hydroxyl groups is 1. The number of halogens is 1. The number of hydrogen-bond acceptors (Lipinski definition) is 2. The summed E-state index contributed by atoms with van der Waals surface area (Å²) in [7, 11) is 1.59. The Kier molecular flexibility index (Phi) is 4.18. The molecule has 1 atom stereocenters. The van der Waals surface area contributed by atoms with Crippen molar-refractivity contribution in [2.75, 3.05) is 7.11 Å². The topological polar surface area (TPSA) is 29.5 Å². The highest BCUT2D eigenvalue weighted by atomic mass is 35.5. The van der Waals surface area contributed by atoms with Gasteiger partial charge in [0.05, 0.1) is 7.11 Å². The van der Waals surface area contributed by atoms with Gasteiger partial charge in [-0.3, -0.25) is 0 Å². The zero-order chi connectivity index (χ0) is 14.8. The molecular weight excluding hydrogens is 284 g/mol. The molecule has 0 saturated heterocycles. The fourth-order valence-corrected chi connectivity index (χ4v) is 3.18. The van der Waals surface area contributed by atoms with Gasteiger partial charge in [-0.2, -0.15) is 0 Å². The summed E-state index contributed by atoms with van der Waals surface area (Å²) in [6.07, 6.45) is 4.06. The van der Waals surface area contributed by atoms with Crippen molar-refractivity contribution in [3.8, 4) is 5.75 Å². The van der Waals surface area contributed by atoms with Crippen LogP contribution in [0, 0.1) is 0 Å². The molecule has 2 aromatic carbocycles. The summed E-state index contributed by atoms with van der Waals surface area (Å²) in [4.78, 5) is 0. The molecule has 1 aliphatic carbocycles. The Bertz CT molecular complexity index is 652. The second-order valence-electron chi connectivity index (χ2n) is 5.52. The number of rotatable bonds is 3. The van der Waals surface area contributed by atoms with Gasteiger partial charge in [0, 0.05) is 10.6 Å². The van der Waals surface area contributed by atoms with Crippen molar-refractivity contribution in [3.05, 3.63) is 63.7 Å². The van der Waals surface area contributed by atoms with Gasteiger partial charge in [0.15, 0.2) is 0 Å². The van der Waals surface area contributed by atoms with E-state index < -0.39 is 6.10 Å². The first-order chi connectivity index (χ1) is 10.2. The minimum absolute atomic E-state index is 0.605. The maximum Gasteiger partial charge on any atom is 0.126 e. The molecule has 0 amide bonds. The molecule has 1 aliphatic rings. The van der Waals surface area contributed by atoms with E-state index in [1.807, 2.05) is 12.1 Å². The maximum atomic E-state index is 10.7. The molecule has 1 N–H and O–H groups in total. The quantitative estimate of drug-likeness (QED) is 0.915. The largest absolute Gasteiger partial charge is 0.496 e. The first-order valence-corrected chi connectivity index (χ1v) is 7.70. The van der Waals surface area contributed by atoms with Crippen molar-refractivity contribution in [1.29, 1.82) is 0 Å². The van der Waals surface area contributed by atoms with Crippen LogP contribution >= 0.6 is 11.6 Å². The summed E-state index contributed by atoms with van der Waals surface area (Å²) in [6, 6.07) is 11.6. The summed E-state index contributed by atoms with van der Waals surface area (Å²) in [5, 5.41) is 11.3. The van der Waals surface area contributed by atoms with Gasteiger partial charge < -0.3 is 9.84 Å². The smallest absolute Gasteiger partial charge is 0.126 e. The van der Waals surface area contributed by atoms with E-state index in [0.717, 1.165) is 24.0 Å². The number of methoxy groups -OCH3 is 1. The molecule has 110 valence electrons. The van der Waals surface area contributed by atoms with E-state index in [-0.39, 0.29) is 0 Å². The van der Waals surface area contributed by atoms with Crippen LogP contribution in [0.2, 0.25) is 5.02 Å². The fraction of sp³-hybridized carbons (Fsp3) is 0.333. The van der Waals surface area contributed by atoms with E-state index in [9.17, 15) is 5.11 Å². The van der Waals surface area contributed by atoms with Crippen molar-refractivity contribution < 1.29 is 9.84 Å². The van der Waals surface area contributed by atoms with Crippen LogP contribution in [0.4, 0.5) is 0 Å². The third-order valence-corrected chi connectivity index (χ3v) is 4.41. The van der Waals surface area contributed by atoms with Crippen molar-refractivity contribution in [2.24, 2.45) is 0 Å². The monoisotopic (exact) mass is 302 g/mol. The predicted molar refractivity (Wildman–Crippen MR) is 85.1 cm³/mol. The Morgan fingerprint density at radius 1 is 1.05 bits per heavy atom. The van der Waals surface area contributed by atoms with E-state index in [0.29, 0.717) is 10.8 Å². The van der Waals surface area contributed by atoms with Crippen LogP contribution < -0.4 is 4.74 Å². The Morgan fingerprint density at radius 2 is 1.81 bits per heavy atom. The van der Waals surface area contributed by atoms with Gasteiger partial charge in [0.25, 0.3) is 0 Å². The minimum Gasteiger partial charge on any atom is -0.496 e. The third-order valence-electron chi connectivity index (χ3n) is 4.18. The van der Waals surface area contributed by atoms with Gasteiger partial charge in [-0.25, -0.2) is 0 Å². The van der Waals surface area contributed by atoms with Crippen molar-refractivity contribution >= 4 is 11.6 Å². The Morgan fingerprint density at radius 3 is 2.57 bits per heavy atom. The number of hydrogen-bond donors (Lipinski definition) is 1. The van der Waals surface area contributed by atoms with Crippen LogP contribution in [-0.4, -0.2) is 12.2 Å². The molecule has 3 rings (SSSR count). The van der Waals surface area contributed by atoms with E-state index in [1.165, 1.54) is 24.0 Å². The average molecular weight is 303 g/mol. The number of aliphatic hydroxyl groups excluding tert-OH is 1. The van der Waals surface area contributed by atoms with Crippen LogP contribution in [0.1, 0.15) is 41.2 Å². The van der Waals surface area contributed by atoms with Crippen LogP contribution in [0.3, 0.4) is 0 Å². The van der Waals surface area contributed by atoms with Gasteiger partial charge in [-0.15, -0.1) is 0 Å². The highest BCUT2D eigenvalue weighted by molar-refractivity contribution is 6.30. The third kappa shape index (κ3) is 2.92. The zero-order valence-electron chi connectivity index (χ0n) is 12.1. The second kappa shape index (κ2) is 6.08. The van der Waals surface area contributed by atoms with E-state index in [4.69, 9.17) is 16.3 Å². The van der Waals surface area contributed by atoms with Crippen LogP contribution in [0.15, 0.2) is 36.4 Å². The molecule has 3 heteroatoms. The number of ether oxygens (including phenoxy) is 1. The molecule has 0 saturated carbocycles. The van der Waals surface area contributed by atoms with Gasteiger partial charge in [0.1, 0.15) is 11.9 Å². The normalized spacial score (nSPS) is 15.4. The van der Waals surface area contributed by atoms with Crippen molar-refractivity contribution in [1.82, 2.24) is 0 Å². The lowest BCUT2D eigenvalue weighted by Gasteiger charge is -2.20. The minimum atomic E-state index is -0.690. The standard InChI is InChI=1S/C18H19ClO2/c1-21-17-11-15(19)8-9-16(17)18(20)14-7-6-12-4-2-3-5-13(12)10-14/h6-11,18,20H,2-5H2,1H3. The van der Waals surface area contributed by atoms with Crippen LogP contribution in [-0.2, 0) is 12.8 Å². The average Bonchev–Trinajstić information content (AvgIpc) is 2.53. The summed E-state index contributed by atoms with van der Waals surface area (Å²) in [5.41, 5.74) is 4.44. The lowest BCUT2D eigenvalue weighted by Crippen LogP contribution is -2.07. The van der Waals surface area contributed by atoms with E-state index >= 15 is 0 Å². The second-order valence-corrected chi connectivity index (χ2v) is 5.96. The molecule has 0 aliphatic heterocycles. The molecule has 1 unspecified atom stereocenters. The fourth-order valence-electron chi connectivity index (χ4n) is 3.01. The molecule has 0 aromatic heterocycles. The molecule has 0 heterocycles. The first kappa shape index (κ1) is 14.4. The van der Waals surface area contributed by atoms with Crippen molar-refractivity contribution in [3.63, 3.8) is 0 Å². The maximum absolute atomic E-state index is 10.7. The van der Waals surface area contributed by atoms with Gasteiger partial charge >= 0.3 is 0 Å². The summed E-state index contributed by atoms with van der Waals surface area (Å²) in [6.45, 7) is 0. The highest BCUT2D eigenvalue weighted by Crippen LogP contribution is 2.33.